The standard InChI is InChI=1S/C7H14O3/c1-3-10-7(2)6-9-5-4-8/h3,7-8H,1,4-6H2,2H3. The van der Waals surface area contributed by atoms with Gasteiger partial charge in [0.05, 0.1) is 26.1 Å². The topological polar surface area (TPSA) is 38.7 Å². The highest BCUT2D eigenvalue weighted by Crippen LogP contribution is 1.90. The van der Waals surface area contributed by atoms with Crippen LogP contribution in [0, 0.1) is 0 Å². The Balaban J connectivity index is 3.04. The van der Waals surface area contributed by atoms with Crippen LogP contribution in [0.2, 0.25) is 0 Å². The predicted octanol–water partition coefficient (Wildman–Crippen LogP) is 0.544. The fourth-order valence-electron chi connectivity index (χ4n) is 0.517. The van der Waals surface area contributed by atoms with Crippen LogP contribution < -0.4 is 0 Å². The summed E-state index contributed by atoms with van der Waals surface area (Å²) in [5.41, 5.74) is 0. The maximum absolute atomic E-state index is 8.32. The molecule has 0 amide bonds. The highest BCUT2D eigenvalue weighted by molar-refractivity contribution is 4.55. The lowest BCUT2D eigenvalue weighted by Gasteiger charge is -2.09. The fraction of sp³-hybridized carbons (Fsp3) is 0.714. The zero-order valence-corrected chi connectivity index (χ0v) is 6.25. The summed E-state index contributed by atoms with van der Waals surface area (Å²) in [6.45, 7) is 6.19. The molecule has 0 heterocycles. The molecule has 0 rings (SSSR count). The summed E-state index contributed by atoms with van der Waals surface area (Å²) in [6.07, 6.45) is 1.40. The average Bonchev–Trinajstić information content (AvgIpc) is 1.89. The van der Waals surface area contributed by atoms with E-state index in [1.54, 1.807) is 0 Å². The van der Waals surface area contributed by atoms with Gasteiger partial charge in [-0.15, -0.1) is 0 Å². The summed E-state index contributed by atoms with van der Waals surface area (Å²) in [5, 5.41) is 8.32. The third-order valence-corrected chi connectivity index (χ3v) is 0.917. The van der Waals surface area contributed by atoms with Crippen LogP contribution in [-0.4, -0.2) is 31.0 Å². The highest BCUT2D eigenvalue weighted by atomic mass is 16.5. The van der Waals surface area contributed by atoms with Gasteiger partial charge in [-0.1, -0.05) is 6.58 Å². The maximum Gasteiger partial charge on any atom is 0.118 e. The number of rotatable bonds is 6. The van der Waals surface area contributed by atoms with E-state index in [1.165, 1.54) is 6.26 Å². The molecule has 0 aliphatic carbocycles. The SMILES string of the molecule is C=COC(C)COCCO. The van der Waals surface area contributed by atoms with Crippen molar-refractivity contribution in [3.8, 4) is 0 Å². The Morgan fingerprint density at radius 2 is 2.40 bits per heavy atom. The van der Waals surface area contributed by atoms with Crippen molar-refractivity contribution in [1.82, 2.24) is 0 Å². The minimum atomic E-state index is 0.0176. The molecule has 60 valence electrons. The average molecular weight is 146 g/mol. The number of hydrogen-bond donors (Lipinski definition) is 1. The van der Waals surface area contributed by atoms with Crippen LogP contribution in [0.5, 0.6) is 0 Å². The van der Waals surface area contributed by atoms with E-state index in [0.29, 0.717) is 13.2 Å². The van der Waals surface area contributed by atoms with Crippen molar-refractivity contribution in [3.63, 3.8) is 0 Å². The predicted molar refractivity (Wildman–Crippen MR) is 38.6 cm³/mol. The van der Waals surface area contributed by atoms with Gasteiger partial charge in [-0.05, 0) is 6.92 Å². The molecule has 0 saturated carbocycles. The van der Waals surface area contributed by atoms with E-state index in [0.717, 1.165) is 0 Å². The largest absolute Gasteiger partial charge is 0.497 e. The quantitative estimate of drug-likeness (QED) is 0.439. The van der Waals surface area contributed by atoms with Crippen LogP contribution in [0.1, 0.15) is 6.92 Å². The minimum Gasteiger partial charge on any atom is -0.497 e. The molecule has 10 heavy (non-hydrogen) atoms. The van der Waals surface area contributed by atoms with Gasteiger partial charge >= 0.3 is 0 Å². The van der Waals surface area contributed by atoms with Crippen molar-refractivity contribution in [2.24, 2.45) is 0 Å². The normalized spacial score (nSPS) is 12.6. The van der Waals surface area contributed by atoms with E-state index in [2.05, 4.69) is 6.58 Å². The molecule has 0 aliphatic heterocycles. The fourth-order valence-corrected chi connectivity index (χ4v) is 0.517. The number of hydrogen-bond acceptors (Lipinski definition) is 3. The van der Waals surface area contributed by atoms with Crippen molar-refractivity contribution >= 4 is 0 Å². The molecule has 0 aromatic carbocycles. The van der Waals surface area contributed by atoms with Gasteiger partial charge in [0, 0.05) is 0 Å². The molecule has 1 N–H and O–H groups in total. The summed E-state index contributed by atoms with van der Waals surface area (Å²) in [7, 11) is 0. The van der Waals surface area contributed by atoms with Crippen molar-refractivity contribution < 1.29 is 14.6 Å². The van der Waals surface area contributed by atoms with Gasteiger partial charge in [0.25, 0.3) is 0 Å². The van der Waals surface area contributed by atoms with Gasteiger partial charge in [0.15, 0.2) is 0 Å². The number of aliphatic hydroxyl groups is 1. The summed E-state index contributed by atoms with van der Waals surface area (Å²) < 4.78 is 9.92. The van der Waals surface area contributed by atoms with E-state index in [4.69, 9.17) is 14.6 Å². The lowest BCUT2D eigenvalue weighted by Crippen LogP contribution is -2.14. The molecule has 0 aromatic heterocycles. The van der Waals surface area contributed by atoms with Crippen LogP contribution in [-0.2, 0) is 9.47 Å². The van der Waals surface area contributed by atoms with E-state index in [-0.39, 0.29) is 12.7 Å². The highest BCUT2D eigenvalue weighted by Gasteiger charge is 1.97. The van der Waals surface area contributed by atoms with E-state index >= 15 is 0 Å². The van der Waals surface area contributed by atoms with Crippen molar-refractivity contribution in [3.05, 3.63) is 12.8 Å². The maximum atomic E-state index is 8.32. The second kappa shape index (κ2) is 6.58. The molecule has 0 aromatic rings. The molecule has 0 bridgehead atoms. The zero-order valence-electron chi connectivity index (χ0n) is 6.25. The zero-order chi connectivity index (χ0) is 7.82. The van der Waals surface area contributed by atoms with E-state index in [1.807, 2.05) is 6.92 Å². The van der Waals surface area contributed by atoms with Crippen LogP contribution in [0.25, 0.3) is 0 Å². The first kappa shape index (κ1) is 9.46. The minimum absolute atomic E-state index is 0.0176. The molecular weight excluding hydrogens is 132 g/mol. The molecular formula is C7H14O3. The van der Waals surface area contributed by atoms with Crippen molar-refractivity contribution in [2.75, 3.05) is 19.8 Å². The van der Waals surface area contributed by atoms with Crippen LogP contribution in [0.15, 0.2) is 12.8 Å². The van der Waals surface area contributed by atoms with E-state index < -0.39 is 0 Å². The van der Waals surface area contributed by atoms with Gasteiger partial charge in [-0.25, -0.2) is 0 Å². The third kappa shape index (κ3) is 5.59. The molecule has 1 atom stereocenters. The Hall–Kier alpha value is -0.540. The number of ether oxygens (including phenoxy) is 2. The first-order chi connectivity index (χ1) is 4.81. The monoisotopic (exact) mass is 146 g/mol. The molecule has 0 fully saturated rings. The molecule has 1 unspecified atom stereocenters. The first-order valence-electron chi connectivity index (χ1n) is 3.26. The Morgan fingerprint density at radius 3 is 2.90 bits per heavy atom. The Morgan fingerprint density at radius 1 is 1.70 bits per heavy atom. The third-order valence-electron chi connectivity index (χ3n) is 0.917. The number of aliphatic hydroxyl groups excluding tert-OH is 1. The van der Waals surface area contributed by atoms with Crippen LogP contribution >= 0.6 is 0 Å². The summed E-state index contributed by atoms with van der Waals surface area (Å²) in [5.74, 6) is 0. The van der Waals surface area contributed by atoms with Crippen LogP contribution in [0.4, 0.5) is 0 Å². The van der Waals surface area contributed by atoms with Crippen molar-refractivity contribution in [1.29, 1.82) is 0 Å². The van der Waals surface area contributed by atoms with Gasteiger partial charge < -0.3 is 14.6 Å². The summed E-state index contributed by atoms with van der Waals surface area (Å²) in [6, 6.07) is 0. The lowest BCUT2D eigenvalue weighted by atomic mass is 10.4. The second-order valence-corrected chi connectivity index (χ2v) is 1.91. The second-order valence-electron chi connectivity index (χ2n) is 1.91. The molecule has 0 radical (unpaired) electrons. The van der Waals surface area contributed by atoms with Gasteiger partial charge in [-0.2, -0.15) is 0 Å². The Bertz CT molecular complexity index is 82.9. The van der Waals surface area contributed by atoms with Gasteiger partial charge in [0.2, 0.25) is 0 Å². The molecule has 3 nitrogen and oxygen atoms in total. The summed E-state index contributed by atoms with van der Waals surface area (Å²) in [4.78, 5) is 0. The van der Waals surface area contributed by atoms with Crippen LogP contribution in [0.3, 0.4) is 0 Å². The smallest absolute Gasteiger partial charge is 0.118 e. The molecule has 3 heteroatoms. The van der Waals surface area contributed by atoms with Gasteiger partial charge in [0.1, 0.15) is 6.10 Å². The Labute approximate surface area is 61.3 Å². The first-order valence-corrected chi connectivity index (χ1v) is 3.26. The summed E-state index contributed by atoms with van der Waals surface area (Å²) >= 11 is 0. The molecule has 0 spiro atoms. The Kier molecular flexibility index (Phi) is 6.22. The molecule has 0 saturated heterocycles. The lowest BCUT2D eigenvalue weighted by molar-refractivity contribution is 0.0222. The van der Waals surface area contributed by atoms with Crippen molar-refractivity contribution in [2.45, 2.75) is 13.0 Å². The van der Waals surface area contributed by atoms with E-state index in [9.17, 15) is 0 Å². The van der Waals surface area contributed by atoms with Gasteiger partial charge in [-0.3, -0.25) is 0 Å². The molecule has 0 aliphatic rings.